The summed E-state index contributed by atoms with van der Waals surface area (Å²) in [6, 6.07) is 72.8. The lowest BCUT2D eigenvalue weighted by atomic mass is 9.89. The number of fused-ring (bicyclic) bond motifs is 5. The first-order chi connectivity index (χ1) is 28.2. The molecule has 3 heteroatoms. The van der Waals surface area contributed by atoms with E-state index < -0.39 is 0 Å². The van der Waals surface area contributed by atoms with E-state index in [1.165, 1.54) is 43.4 Å². The average Bonchev–Trinajstić information content (AvgIpc) is 3.73. The smallest absolute Gasteiger partial charge is 0.160 e. The maximum Gasteiger partial charge on any atom is 0.160 e. The number of benzene rings is 9. The fraction of sp³-hybridized carbons (Fsp3) is 0. The largest absolute Gasteiger partial charge is 0.456 e. The summed E-state index contributed by atoms with van der Waals surface area (Å²) in [5.41, 5.74) is 11.3. The topological polar surface area (TPSA) is 38.9 Å². The van der Waals surface area contributed by atoms with E-state index in [0.717, 1.165) is 61.5 Å². The fourth-order valence-corrected chi connectivity index (χ4v) is 8.21. The molecular formula is C54H34N2O. The lowest BCUT2D eigenvalue weighted by Crippen LogP contribution is -1.96. The van der Waals surface area contributed by atoms with Crippen LogP contribution in [0.2, 0.25) is 0 Å². The van der Waals surface area contributed by atoms with Gasteiger partial charge in [-0.05, 0) is 84.9 Å². The van der Waals surface area contributed by atoms with Crippen LogP contribution in [-0.2, 0) is 0 Å². The molecule has 0 radical (unpaired) electrons. The van der Waals surface area contributed by atoms with Crippen molar-refractivity contribution in [2.75, 3.05) is 0 Å². The van der Waals surface area contributed by atoms with Crippen molar-refractivity contribution in [3.8, 4) is 67.5 Å². The van der Waals surface area contributed by atoms with Gasteiger partial charge in [-0.25, -0.2) is 9.97 Å². The lowest BCUT2D eigenvalue weighted by Gasteiger charge is -2.15. The summed E-state index contributed by atoms with van der Waals surface area (Å²) in [5, 5.41) is 8.54. The molecule has 266 valence electrons. The molecule has 0 N–H and O–H groups in total. The standard InChI is InChI=1S/C54H34N2O/c1-2-11-35(12-3-1)36-21-23-38(24-22-36)49-34-50(42-16-10-17-43(31-42)52-33-44-15-6-9-20-51(44)57-52)56-54(55-49)40-27-25-39(26-28-40)53-46-19-8-5-14-41(46)32-48-45-18-7-4-13-37(45)29-30-47(48)53/h1-34H. The predicted octanol–water partition coefficient (Wildman–Crippen LogP) is 14.7. The van der Waals surface area contributed by atoms with Crippen LogP contribution in [0.15, 0.2) is 211 Å². The Kier molecular flexibility index (Phi) is 7.82. The Morgan fingerprint density at radius 1 is 0.298 bits per heavy atom. The van der Waals surface area contributed by atoms with Crippen molar-refractivity contribution < 1.29 is 4.42 Å². The zero-order chi connectivity index (χ0) is 37.7. The third kappa shape index (κ3) is 5.94. The van der Waals surface area contributed by atoms with Gasteiger partial charge in [-0.3, -0.25) is 0 Å². The second kappa shape index (κ2) is 13.6. The van der Waals surface area contributed by atoms with E-state index >= 15 is 0 Å². The van der Waals surface area contributed by atoms with Crippen molar-refractivity contribution in [3.05, 3.63) is 206 Å². The van der Waals surface area contributed by atoms with Gasteiger partial charge >= 0.3 is 0 Å². The Bertz CT molecular complexity index is 3240. The quantitative estimate of drug-likeness (QED) is 0.126. The van der Waals surface area contributed by atoms with Crippen LogP contribution in [0.4, 0.5) is 0 Å². The minimum Gasteiger partial charge on any atom is -0.456 e. The maximum absolute atomic E-state index is 6.27. The van der Waals surface area contributed by atoms with Gasteiger partial charge in [-0.15, -0.1) is 0 Å². The number of furan rings is 1. The van der Waals surface area contributed by atoms with Gasteiger partial charge in [-0.2, -0.15) is 0 Å². The van der Waals surface area contributed by atoms with Crippen LogP contribution in [0.1, 0.15) is 0 Å². The van der Waals surface area contributed by atoms with Gasteiger partial charge in [-0.1, -0.05) is 176 Å². The van der Waals surface area contributed by atoms with Crippen LogP contribution in [0.5, 0.6) is 0 Å². The number of hydrogen-bond donors (Lipinski definition) is 0. The van der Waals surface area contributed by atoms with E-state index in [4.69, 9.17) is 14.4 Å². The molecule has 0 saturated carbocycles. The summed E-state index contributed by atoms with van der Waals surface area (Å²) in [4.78, 5) is 10.5. The van der Waals surface area contributed by atoms with Gasteiger partial charge in [0.05, 0.1) is 11.4 Å². The zero-order valence-corrected chi connectivity index (χ0v) is 30.9. The first-order valence-electron chi connectivity index (χ1n) is 19.3. The Hall–Kier alpha value is -7.62. The van der Waals surface area contributed by atoms with E-state index in [-0.39, 0.29) is 0 Å². The summed E-state index contributed by atoms with van der Waals surface area (Å²) in [5.74, 6) is 1.50. The van der Waals surface area contributed by atoms with Crippen LogP contribution < -0.4 is 0 Å². The van der Waals surface area contributed by atoms with E-state index in [1.54, 1.807) is 0 Å². The van der Waals surface area contributed by atoms with Gasteiger partial charge in [0, 0.05) is 27.6 Å². The molecule has 9 aromatic carbocycles. The third-order valence-corrected chi connectivity index (χ3v) is 11.1. The molecular weight excluding hydrogens is 693 g/mol. The van der Waals surface area contributed by atoms with Crippen molar-refractivity contribution in [2.45, 2.75) is 0 Å². The van der Waals surface area contributed by atoms with Crippen LogP contribution in [0, 0.1) is 0 Å². The van der Waals surface area contributed by atoms with Crippen LogP contribution in [0.3, 0.4) is 0 Å². The van der Waals surface area contributed by atoms with Gasteiger partial charge in [0.25, 0.3) is 0 Å². The van der Waals surface area contributed by atoms with E-state index in [0.29, 0.717) is 5.82 Å². The fourth-order valence-electron chi connectivity index (χ4n) is 8.21. The molecule has 11 rings (SSSR count). The van der Waals surface area contributed by atoms with Gasteiger partial charge in [0.1, 0.15) is 11.3 Å². The molecule has 0 atom stereocenters. The minimum atomic E-state index is 0.670. The van der Waals surface area contributed by atoms with Crippen LogP contribution in [0.25, 0.3) is 111 Å². The Morgan fingerprint density at radius 3 is 1.70 bits per heavy atom. The third-order valence-electron chi connectivity index (χ3n) is 11.1. The second-order valence-corrected chi connectivity index (χ2v) is 14.6. The van der Waals surface area contributed by atoms with E-state index in [1.807, 2.05) is 24.3 Å². The minimum absolute atomic E-state index is 0.670. The average molecular weight is 727 g/mol. The predicted molar refractivity (Wildman–Crippen MR) is 237 cm³/mol. The van der Waals surface area contributed by atoms with E-state index in [9.17, 15) is 0 Å². The number of aromatic nitrogens is 2. The van der Waals surface area contributed by atoms with Crippen molar-refractivity contribution >= 4 is 43.3 Å². The lowest BCUT2D eigenvalue weighted by molar-refractivity contribution is 0.631. The summed E-state index contributed by atoms with van der Waals surface area (Å²) in [7, 11) is 0. The molecule has 2 aromatic heterocycles. The molecule has 57 heavy (non-hydrogen) atoms. The first kappa shape index (κ1) is 32.8. The molecule has 0 saturated heterocycles. The molecule has 0 bridgehead atoms. The molecule has 0 aliphatic carbocycles. The summed E-state index contributed by atoms with van der Waals surface area (Å²) >= 11 is 0. The molecule has 0 spiro atoms. The summed E-state index contributed by atoms with van der Waals surface area (Å²) in [6.45, 7) is 0. The van der Waals surface area contributed by atoms with Gasteiger partial charge in [0.15, 0.2) is 5.82 Å². The van der Waals surface area contributed by atoms with E-state index in [2.05, 4.69) is 182 Å². The highest BCUT2D eigenvalue weighted by Gasteiger charge is 2.16. The van der Waals surface area contributed by atoms with Crippen molar-refractivity contribution in [1.29, 1.82) is 0 Å². The highest BCUT2D eigenvalue weighted by molar-refractivity contribution is 6.20. The van der Waals surface area contributed by atoms with Gasteiger partial charge < -0.3 is 4.42 Å². The Morgan fingerprint density at radius 2 is 0.895 bits per heavy atom. The molecule has 0 amide bonds. The van der Waals surface area contributed by atoms with Crippen LogP contribution >= 0.6 is 0 Å². The molecule has 11 aromatic rings. The highest BCUT2D eigenvalue weighted by atomic mass is 16.3. The Balaban J connectivity index is 1.04. The summed E-state index contributed by atoms with van der Waals surface area (Å²) < 4.78 is 6.27. The molecule has 0 aliphatic rings. The highest BCUT2D eigenvalue weighted by Crippen LogP contribution is 2.40. The van der Waals surface area contributed by atoms with Crippen molar-refractivity contribution in [2.24, 2.45) is 0 Å². The van der Waals surface area contributed by atoms with Crippen molar-refractivity contribution in [3.63, 3.8) is 0 Å². The Labute approximate surface area is 330 Å². The van der Waals surface area contributed by atoms with Crippen molar-refractivity contribution in [1.82, 2.24) is 9.97 Å². The molecule has 0 fully saturated rings. The monoisotopic (exact) mass is 726 g/mol. The van der Waals surface area contributed by atoms with Crippen LogP contribution in [-0.4, -0.2) is 9.97 Å². The molecule has 0 unspecified atom stereocenters. The second-order valence-electron chi connectivity index (χ2n) is 14.6. The number of nitrogens with zero attached hydrogens (tertiary/aromatic N) is 2. The molecule has 0 aliphatic heterocycles. The zero-order valence-electron chi connectivity index (χ0n) is 30.9. The number of hydrogen-bond acceptors (Lipinski definition) is 3. The normalized spacial score (nSPS) is 11.5. The first-order valence-corrected chi connectivity index (χ1v) is 19.3. The SMILES string of the molecule is c1ccc(-c2ccc(-c3cc(-c4cccc(-c5cc6ccccc6o5)c4)nc(-c4ccc(-c5c6ccccc6cc6c5ccc5ccccc56)cc4)n3)cc2)cc1. The number of rotatable bonds is 6. The number of para-hydroxylation sites is 1. The van der Waals surface area contributed by atoms with Gasteiger partial charge in [0.2, 0.25) is 0 Å². The molecule has 3 nitrogen and oxygen atoms in total. The maximum atomic E-state index is 6.27. The molecule has 2 heterocycles. The summed E-state index contributed by atoms with van der Waals surface area (Å²) in [6.07, 6.45) is 0.